The van der Waals surface area contributed by atoms with Gasteiger partial charge in [-0.15, -0.1) is 0 Å². The van der Waals surface area contributed by atoms with Gasteiger partial charge in [0.05, 0.1) is 6.61 Å². The van der Waals surface area contributed by atoms with E-state index in [-0.39, 0.29) is 35.3 Å². The number of carbonyl (C=O) groups excluding carboxylic acids is 2. The van der Waals surface area contributed by atoms with E-state index < -0.39 is 0 Å². The van der Waals surface area contributed by atoms with Crippen LogP contribution in [0.1, 0.15) is 83.3 Å². The molecule has 1 fully saturated rings. The van der Waals surface area contributed by atoms with E-state index in [4.69, 9.17) is 14.2 Å². The molecule has 0 aliphatic carbocycles. The second-order valence-corrected chi connectivity index (χ2v) is 9.85. The summed E-state index contributed by atoms with van der Waals surface area (Å²) < 4.78 is 17.5. The second-order valence-electron chi connectivity index (χ2n) is 9.85. The Morgan fingerprint density at radius 3 is 2.56 bits per heavy atom. The van der Waals surface area contributed by atoms with Crippen LogP contribution in [0.5, 0.6) is 11.5 Å². The number of esters is 2. The van der Waals surface area contributed by atoms with Gasteiger partial charge in [-0.1, -0.05) is 25.8 Å². The van der Waals surface area contributed by atoms with Crippen LogP contribution in [0.2, 0.25) is 0 Å². The molecule has 1 aromatic rings. The molecule has 1 aromatic carbocycles. The monoisotopic (exact) mass is 475 g/mol. The molecule has 3 rings (SSSR count). The highest BCUT2D eigenvalue weighted by atomic mass is 16.6. The molecule has 2 aliphatic heterocycles. The normalized spacial score (nSPS) is 18.8. The van der Waals surface area contributed by atoms with Crippen LogP contribution in [-0.4, -0.2) is 48.9 Å². The summed E-state index contributed by atoms with van der Waals surface area (Å²) in [5.41, 5.74) is 1.91. The fourth-order valence-corrected chi connectivity index (χ4v) is 5.54. The highest BCUT2D eigenvalue weighted by Crippen LogP contribution is 2.44. The van der Waals surface area contributed by atoms with Gasteiger partial charge in [0, 0.05) is 31.2 Å². The van der Waals surface area contributed by atoms with Crippen molar-refractivity contribution in [3.05, 3.63) is 23.3 Å². The Balaban J connectivity index is 1.92. The van der Waals surface area contributed by atoms with Gasteiger partial charge < -0.3 is 24.6 Å². The number of hydrogen-bond acceptors (Lipinski definition) is 7. The lowest BCUT2D eigenvalue weighted by molar-refractivity contribution is -0.162. The van der Waals surface area contributed by atoms with Gasteiger partial charge >= 0.3 is 11.9 Å². The van der Waals surface area contributed by atoms with E-state index in [0.29, 0.717) is 18.8 Å². The molecule has 7 heteroatoms. The third kappa shape index (κ3) is 6.87. The predicted molar refractivity (Wildman–Crippen MR) is 130 cm³/mol. The summed E-state index contributed by atoms with van der Waals surface area (Å²) >= 11 is 0. The average Bonchev–Trinajstić information content (AvgIpc) is 2.81. The number of ether oxygens (including phenoxy) is 3. The van der Waals surface area contributed by atoms with Crippen LogP contribution in [-0.2, 0) is 31.9 Å². The number of fused-ring (bicyclic) bond motifs is 1. The van der Waals surface area contributed by atoms with E-state index in [1.807, 2.05) is 6.07 Å². The largest absolute Gasteiger partial charge is 0.504 e. The lowest BCUT2D eigenvalue weighted by Crippen LogP contribution is -2.49. The highest BCUT2D eigenvalue weighted by molar-refractivity contribution is 5.66. The number of nitrogens with one attached hydrogen (secondary N) is 1. The number of carbonyl (C=O) groups is 2. The Morgan fingerprint density at radius 2 is 1.88 bits per heavy atom. The minimum Gasteiger partial charge on any atom is -0.504 e. The number of unbranched alkanes of at least 4 members (excludes halogenated alkanes) is 2. The Bertz CT molecular complexity index is 833. The molecule has 0 saturated carbocycles. The first-order valence-electron chi connectivity index (χ1n) is 12.9. The summed E-state index contributed by atoms with van der Waals surface area (Å²) in [5, 5.41) is 13.8. The van der Waals surface area contributed by atoms with Crippen molar-refractivity contribution in [3.8, 4) is 11.5 Å². The number of piperidine rings is 1. The van der Waals surface area contributed by atoms with Crippen molar-refractivity contribution in [2.75, 3.05) is 19.7 Å². The summed E-state index contributed by atoms with van der Waals surface area (Å²) in [7, 11) is 0. The second kappa shape index (κ2) is 12.4. The van der Waals surface area contributed by atoms with Gasteiger partial charge in [-0.05, 0) is 69.7 Å². The third-order valence-electron chi connectivity index (χ3n) is 7.23. The van der Waals surface area contributed by atoms with Crippen molar-refractivity contribution in [1.82, 2.24) is 5.32 Å². The molecule has 2 unspecified atom stereocenters. The number of phenolic OH excluding ortho intramolecular Hbond substituents is 1. The summed E-state index contributed by atoms with van der Waals surface area (Å²) in [6.07, 6.45) is 7.95. The molecule has 2 aliphatic rings. The molecule has 0 radical (unpaired) electrons. The maximum absolute atomic E-state index is 12.2. The molecule has 2 N–H and O–H groups in total. The first kappa shape index (κ1) is 26.3. The number of benzene rings is 1. The van der Waals surface area contributed by atoms with Gasteiger partial charge in [-0.2, -0.15) is 0 Å². The van der Waals surface area contributed by atoms with Crippen LogP contribution in [0.25, 0.3) is 0 Å². The Morgan fingerprint density at radius 1 is 1.15 bits per heavy atom. The van der Waals surface area contributed by atoms with E-state index in [1.165, 1.54) is 13.8 Å². The zero-order valence-electron chi connectivity index (χ0n) is 21.0. The van der Waals surface area contributed by atoms with Crippen LogP contribution in [0.15, 0.2) is 12.1 Å². The minimum atomic E-state index is -0.368. The fourth-order valence-electron chi connectivity index (χ4n) is 5.54. The van der Waals surface area contributed by atoms with Gasteiger partial charge in [0.2, 0.25) is 0 Å². The maximum atomic E-state index is 12.2. The van der Waals surface area contributed by atoms with Crippen molar-refractivity contribution in [2.24, 2.45) is 5.41 Å². The first-order chi connectivity index (χ1) is 16.3. The smallest absolute Gasteiger partial charge is 0.302 e. The summed E-state index contributed by atoms with van der Waals surface area (Å²) in [6, 6.07) is 3.70. The Kier molecular flexibility index (Phi) is 9.63. The van der Waals surface area contributed by atoms with Crippen LogP contribution in [0.4, 0.5) is 0 Å². The summed E-state index contributed by atoms with van der Waals surface area (Å²) in [6.45, 7) is 7.32. The molecule has 0 aromatic heterocycles. The lowest BCUT2D eigenvalue weighted by Gasteiger charge is -2.44. The standard InChI is InChI=1S/C27H41NO6/c1-4-5-6-8-22(33-19(2)29)17-25(34-20(3)30)27(12-14-28-15-13-27)18-21-10-11-24(31)26-23(21)9-7-16-32-26/h10-11,22,25,28,31H,4-9,12-18H2,1-3H3. The van der Waals surface area contributed by atoms with Crippen LogP contribution in [0, 0.1) is 5.41 Å². The van der Waals surface area contributed by atoms with Crippen LogP contribution < -0.4 is 10.1 Å². The molecular formula is C27H41NO6. The fraction of sp³-hybridized carbons (Fsp3) is 0.704. The third-order valence-corrected chi connectivity index (χ3v) is 7.23. The molecule has 1 saturated heterocycles. The van der Waals surface area contributed by atoms with E-state index in [2.05, 4.69) is 12.2 Å². The van der Waals surface area contributed by atoms with Gasteiger partial charge in [0.15, 0.2) is 11.5 Å². The topological polar surface area (TPSA) is 94.1 Å². The minimum absolute atomic E-state index is 0.181. The average molecular weight is 476 g/mol. The van der Waals surface area contributed by atoms with E-state index in [1.54, 1.807) is 6.07 Å². The van der Waals surface area contributed by atoms with Crippen molar-refractivity contribution in [2.45, 2.75) is 97.2 Å². The highest BCUT2D eigenvalue weighted by Gasteiger charge is 2.44. The number of rotatable bonds is 11. The zero-order chi connectivity index (χ0) is 24.6. The Labute approximate surface area is 203 Å². The molecule has 0 spiro atoms. The molecule has 2 heterocycles. The molecule has 0 amide bonds. The van der Waals surface area contributed by atoms with Crippen LogP contribution in [0.3, 0.4) is 0 Å². The van der Waals surface area contributed by atoms with Gasteiger partial charge in [-0.3, -0.25) is 9.59 Å². The molecule has 190 valence electrons. The predicted octanol–water partition coefficient (Wildman–Crippen LogP) is 4.46. The van der Waals surface area contributed by atoms with Crippen molar-refractivity contribution < 1.29 is 28.9 Å². The number of aromatic hydroxyl groups is 1. The van der Waals surface area contributed by atoms with E-state index >= 15 is 0 Å². The zero-order valence-corrected chi connectivity index (χ0v) is 21.0. The Hall–Kier alpha value is -2.28. The molecular weight excluding hydrogens is 434 g/mol. The molecule has 34 heavy (non-hydrogen) atoms. The van der Waals surface area contributed by atoms with Crippen molar-refractivity contribution in [1.29, 1.82) is 0 Å². The van der Waals surface area contributed by atoms with Crippen molar-refractivity contribution >= 4 is 11.9 Å². The summed E-state index contributed by atoms with van der Waals surface area (Å²) in [4.78, 5) is 24.1. The maximum Gasteiger partial charge on any atom is 0.302 e. The van der Waals surface area contributed by atoms with Gasteiger partial charge in [-0.25, -0.2) is 0 Å². The van der Waals surface area contributed by atoms with Gasteiger partial charge in [0.25, 0.3) is 0 Å². The first-order valence-corrected chi connectivity index (χ1v) is 12.9. The lowest BCUT2D eigenvalue weighted by atomic mass is 9.67. The molecule has 2 atom stereocenters. The molecule has 0 bridgehead atoms. The van der Waals surface area contributed by atoms with Gasteiger partial charge in [0.1, 0.15) is 12.2 Å². The van der Waals surface area contributed by atoms with Crippen LogP contribution >= 0.6 is 0 Å². The summed E-state index contributed by atoms with van der Waals surface area (Å²) in [5.74, 6) is 0.163. The van der Waals surface area contributed by atoms with E-state index in [9.17, 15) is 14.7 Å². The number of hydrogen-bond donors (Lipinski definition) is 2. The number of phenols is 1. The molecule has 7 nitrogen and oxygen atoms in total. The quantitative estimate of drug-likeness (QED) is 0.360. The SMILES string of the molecule is CCCCCC(CC(OC(C)=O)C1(Cc2ccc(O)c3c2CCCO3)CCNCC1)OC(C)=O. The van der Waals surface area contributed by atoms with E-state index in [0.717, 1.165) is 82.0 Å². The van der Waals surface area contributed by atoms with Crippen molar-refractivity contribution in [3.63, 3.8) is 0 Å².